The van der Waals surface area contributed by atoms with Crippen LogP contribution in [0.5, 0.6) is 0 Å². The van der Waals surface area contributed by atoms with Crippen molar-refractivity contribution in [2.45, 2.75) is 84.6 Å². The third kappa shape index (κ3) is 7.81. The summed E-state index contributed by atoms with van der Waals surface area (Å²) in [5, 5.41) is 3.75. The molecule has 0 aliphatic heterocycles. The Bertz CT molecular complexity index is 168. The largest absolute Gasteiger partial charge is 0.314 e. The molecule has 1 fully saturated rings. The summed E-state index contributed by atoms with van der Waals surface area (Å²) in [6.45, 7) is 8.27. The van der Waals surface area contributed by atoms with E-state index in [0.29, 0.717) is 0 Å². The topological polar surface area (TPSA) is 12.0 Å². The summed E-state index contributed by atoms with van der Waals surface area (Å²) < 4.78 is 0. The molecule has 0 aromatic rings. The molecule has 0 bridgehead atoms. The minimum Gasteiger partial charge on any atom is -0.314 e. The highest BCUT2D eigenvalue weighted by Gasteiger charge is 2.12. The molecule has 1 rings (SSSR count). The van der Waals surface area contributed by atoms with Gasteiger partial charge in [0.1, 0.15) is 0 Å². The fourth-order valence-corrected chi connectivity index (χ4v) is 2.87. The highest BCUT2D eigenvalue weighted by Crippen LogP contribution is 2.22. The molecule has 102 valence electrons. The normalized spacial score (nSPS) is 20.5. The van der Waals surface area contributed by atoms with Crippen molar-refractivity contribution >= 4 is 0 Å². The number of hydrogen-bond donors (Lipinski definition) is 1. The van der Waals surface area contributed by atoms with Crippen molar-refractivity contribution in [3.63, 3.8) is 0 Å². The summed E-state index contributed by atoms with van der Waals surface area (Å²) in [6, 6.07) is 0.719. The molecule has 1 heteroatoms. The fourth-order valence-electron chi connectivity index (χ4n) is 2.87. The first-order valence-electron chi connectivity index (χ1n) is 7.92. The minimum atomic E-state index is 0.719. The first-order valence-corrected chi connectivity index (χ1v) is 7.92. The van der Waals surface area contributed by atoms with Crippen molar-refractivity contribution in [2.75, 3.05) is 6.54 Å². The van der Waals surface area contributed by atoms with Gasteiger partial charge >= 0.3 is 0 Å². The molecular formula is C16H33N. The second-order valence-electron chi connectivity index (χ2n) is 6.49. The fraction of sp³-hybridized carbons (Fsp3) is 1.00. The van der Waals surface area contributed by atoms with E-state index in [4.69, 9.17) is 0 Å². The zero-order chi connectivity index (χ0) is 12.5. The van der Waals surface area contributed by atoms with E-state index in [-0.39, 0.29) is 0 Å². The Morgan fingerprint density at radius 2 is 1.59 bits per heavy atom. The van der Waals surface area contributed by atoms with Gasteiger partial charge in [-0.1, -0.05) is 52.4 Å². The average molecular weight is 239 g/mol. The summed E-state index contributed by atoms with van der Waals surface area (Å²) in [4.78, 5) is 0. The van der Waals surface area contributed by atoms with Crippen LogP contribution in [-0.4, -0.2) is 12.6 Å². The van der Waals surface area contributed by atoms with E-state index in [1.165, 1.54) is 64.3 Å². The smallest absolute Gasteiger partial charge is 0.00388 e. The lowest BCUT2D eigenvalue weighted by molar-refractivity contribution is 0.381. The van der Waals surface area contributed by atoms with E-state index in [1.54, 1.807) is 0 Å². The molecule has 0 radical (unpaired) electrons. The van der Waals surface area contributed by atoms with Gasteiger partial charge in [0.25, 0.3) is 0 Å². The van der Waals surface area contributed by atoms with Gasteiger partial charge in [-0.05, 0) is 44.6 Å². The van der Waals surface area contributed by atoms with Gasteiger partial charge in [-0.2, -0.15) is 0 Å². The first kappa shape index (κ1) is 15.0. The van der Waals surface area contributed by atoms with E-state index >= 15 is 0 Å². The van der Waals surface area contributed by atoms with Crippen LogP contribution in [0.3, 0.4) is 0 Å². The molecule has 1 saturated carbocycles. The van der Waals surface area contributed by atoms with Gasteiger partial charge < -0.3 is 5.32 Å². The maximum atomic E-state index is 3.75. The molecule has 1 N–H and O–H groups in total. The molecule has 0 aromatic heterocycles. The highest BCUT2D eigenvalue weighted by molar-refractivity contribution is 4.70. The summed E-state index contributed by atoms with van der Waals surface area (Å²) in [5.74, 6) is 1.83. The third-order valence-electron chi connectivity index (χ3n) is 4.15. The van der Waals surface area contributed by atoms with Gasteiger partial charge in [-0.15, -0.1) is 0 Å². The Morgan fingerprint density at radius 3 is 2.18 bits per heavy atom. The maximum Gasteiger partial charge on any atom is 0.00388 e. The van der Waals surface area contributed by atoms with Crippen LogP contribution in [-0.2, 0) is 0 Å². The molecule has 0 aromatic carbocycles. The minimum absolute atomic E-state index is 0.719. The molecule has 1 aliphatic rings. The van der Waals surface area contributed by atoms with Gasteiger partial charge in [-0.25, -0.2) is 0 Å². The van der Waals surface area contributed by atoms with Crippen molar-refractivity contribution < 1.29 is 0 Å². The lowest BCUT2D eigenvalue weighted by Crippen LogP contribution is -2.31. The van der Waals surface area contributed by atoms with E-state index in [2.05, 4.69) is 26.1 Å². The summed E-state index contributed by atoms with van der Waals surface area (Å²) in [6.07, 6.45) is 12.9. The molecule has 1 nitrogen and oxygen atoms in total. The Balaban J connectivity index is 2.03. The van der Waals surface area contributed by atoms with Crippen LogP contribution in [0.15, 0.2) is 0 Å². The number of hydrogen-bond acceptors (Lipinski definition) is 1. The molecule has 1 unspecified atom stereocenters. The van der Waals surface area contributed by atoms with E-state index in [1.807, 2.05) is 0 Å². The van der Waals surface area contributed by atoms with Crippen LogP contribution in [0.2, 0.25) is 0 Å². The van der Waals surface area contributed by atoms with Crippen LogP contribution in [0.25, 0.3) is 0 Å². The molecule has 17 heavy (non-hydrogen) atoms. The van der Waals surface area contributed by atoms with Crippen LogP contribution >= 0.6 is 0 Å². The summed E-state index contributed by atoms with van der Waals surface area (Å²) in [5.41, 5.74) is 0. The van der Waals surface area contributed by atoms with Crippen molar-refractivity contribution in [1.82, 2.24) is 5.32 Å². The van der Waals surface area contributed by atoms with Gasteiger partial charge in [0.05, 0.1) is 0 Å². The quantitative estimate of drug-likeness (QED) is 0.632. The van der Waals surface area contributed by atoms with Gasteiger partial charge in [0.2, 0.25) is 0 Å². The lowest BCUT2D eigenvalue weighted by atomic mass is 9.99. The Hall–Kier alpha value is -0.0400. The SMILES string of the molecule is CC(C)CCCC(C)NCC1CCCCCC1. The standard InChI is InChI=1S/C16H33N/c1-14(2)9-8-10-15(3)17-13-16-11-6-4-5-7-12-16/h14-17H,4-13H2,1-3H3. The molecule has 0 amide bonds. The lowest BCUT2D eigenvalue weighted by Gasteiger charge is -2.19. The van der Waals surface area contributed by atoms with Crippen LogP contribution in [0.4, 0.5) is 0 Å². The van der Waals surface area contributed by atoms with E-state index < -0.39 is 0 Å². The Labute approximate surface area is 109 Å². The Morgan fingerprint density at radius 1 is 0.941 bits per heavy atom. The Kier molecular flexibility index (Phi) is 7.92. The average Bonchev–Trinajstić information content (AvgIpc) is 2.54. The van der Waals surface area contributed by atoms with Crippen molar-refractivity contribution in [3.05, 3.63) is 0 Å². The third-order valence-corrected chi connectivity index (χ3v) is 4.15. The number of nitrogens with one attached hydrogen (secondary N) is 1. The van der Waals surface area contributed by atoms with Crippen LogP contribution in [0, 0.1) is 11.8 Å². The molecular weight excluding hydrogens is 206 g/mol. The van der Waals surface area contributed by atoms with Crippen molar-refractivity contribution in [2.24, 2.45) is 11.8 Å². The van der Waals surface area contributed by atoms with Gasteiger partial charge in [0, 0.05) is 6.04 Å². The predicted octanol–water partition coefficient (Wildman–Crippen LogP) is 4.76. The predicted molar refractivity (Wildman–Crippen MR) is 77.3 cm³/mol. The zero-order valence-corrected chi connectivity index (χ0v) is 12.3. The zero-order valence-electron chi connectivity index (χ0n) is 12.3. The molecule has 1 atom stereocenters. The first-order chi connectivity index (χ1) is 8.18. The molecule has 0 saturated heterocycles. The van der Waals surface area contributed by atoms with E-state index in [0.717, 1.165) is 17.9 Å². The second-order valence-corrected chi connectivity index (χ2v) is 6.49. The van der Waals surface area contributed by atoms with Crippen LogP contribution < -0.4 is 5.32 Å². The monoisotopic (exact) mass is 239 g/mol. The van der Waals surface area contributed by atoms with Gasteiger partial charge in [-0.3, -0.25) is 0 Å². The summed E-state index contributed by atoms with van der Waals surface area (Å²) in [7, 11) is 0. The second kappa shape index (κ2) is 8.97. The summed E-state index contributed by atoms with van der Waals surface area (Å²) >= 11 is 0. The molecule has 0 heterocycles. The highest BCUT2D eigenvalue weighted by atomic mass is 14.9. The van der Waals surface area contributed by atoms with Crippen molar-refractivity contribution in [1.29, 1.82) is 0 Å². The maximum absolute atomic E-state index is 3.75. The van der Waals surface area contributed by atoms with Crippen LogP contribution in [0.1, 0.15) is 78.6 Å². The van der Waals surface area contributed by atoms with E-state index in [9.17, 15) is 0 Å². The van der Waals surface area contributed by atoms with Crippen molar-refractivity contribution in [3.8, 4) is 0 Å². The number of rotatable bonds is 7. The molecule has 1 aliphatic carbocycles. The molecule has 0 spiro atoms. The van der Waals surface area contributed by atoms with Gasteiger partial charge in [0.15, 0.2) is 0 Å².